The van der Waals surface area contributed by atoms with E-state index in [9.17, 15) is 0 Å². The van der Waals surface area contributed by atoms with Crippen LogP contribution < -0.4 is 10.7 Å². The molecule has 0 atom stereocenters. The molecule has 0 radical (unpaired) electrons. The van der Waals surface area contributed by atoms with Crippen molar-refractivity contribution in [1.82, 2.24) is 20.2 Å². The highest BCUT2D eigenvalue weighted by Gasteiger charge is 2.17. The lowest BCUT2D eigenvalue weighted by Gasteiger charge is -2.27. The lowest BCUT2D eigenvalue weighted by molar-refractivity contribution is 0.384. The highest BCUT2D eigenvalue weighted by Crippen LogP contribution is 2.17. The van der Waals surface area contributed by atoms with Crippen LogP contribution in [0.2, 0.25) is 0 Å². The van der Waals surface area contributed by atoms with E-state index in [2.05, 4.69) is 20.9 Å². The SMILES string of the molecule is S=C(NC1CCC1)Nn1cnnc1. The Morgan fingerprint density at radius 3 is 2.62 bits per heavy atom. The minimum absolute atomic E-state index is 0.552. The Kier molecular flexibility index (Phi) is 2.40. The highest BCUT2D eigenvalue weighted by atomic mass is 32.1. The molecule has 1 saturated carbocycles. The molecule has 1 aromatic heterocycles. The van der Waals surface area contributed by atoms with Crippen molar-refractivity contribution in [2.45, 2.75) is 25.3 Å². The first-order valence-corrected chi connectivity index (χ1v) is 4.67. The maximum atomic E-state index is 5.08. The molecule has 1 aromatic rings. The average Bonchev–Trinajstić information content (AvgIpc) is 2.49. The van der Waals surface area contributed by atoms with E-state index in [-0.39, 0.29) is 0 Å². The third-order valence-corrected chi connectivity index (χ3v) is 2.30. The van der Waals surface area contributed by atoms with Gasteiger partial charge in [0.1, 0.15) is 12.7 Å². The minimum atomic E-state index is 0.552. The van der Waals surface area contributed by atoms with E-state index in [4.69, 9.17) is 12.2 Å². The topological polar surface area (TPSA) is 54.8 Å². The molecule has 0 bridgehead atoms. The Morgan fingerprint density at radius 1 is 1.38 bits per heavy atom. The summed E-state index contributed by atoms with van der Waals surface area (Å²) in [6, 6.07) is 0.552. The maximum Gasteiger partial charge on any atom is 0.185 e. The second-order valence-corrected chi connectivity index (χ2v) is 3.49. The van der Waals surface area contributed by atoms with Crippen molar-refractivity contribution < 1.29 is 0 Å². The third-order valence-electron chi connectivity index (χ3n) is 2.09. The first-order valence-electron chi connectivity index (χ1n) is 4.27. The first-order chi connectivity index (χ1) is 6.34. The van der Waals surface area contributed by atoms with Crippen LogP contribution in [0.5, 0.6) is 0 Å². The van der Waals surface area contributed by atoms with E-state index in [1.165, 1.54) is 19.3 Å². The largest absolute Gasteiger partial charge is 0.359 e. The van der Waals surface area contributed by atoms with Gasteiger partial charge in [-0.05, 0) is 31.5 Å². The van der Waals surface area contributed by atoms with Crippen LogP contribution in [-0.4, -0.2) is 26.0 Å². The van der Waals surface area contributed by atoms with Gasteiger partial charge in [-0.2, -0.15) is 0 Å². The summed E-state index contributed by atoms with van der Waals surface area (Å²) < 4.78 is 1.62. The smallest absolute Gasteiger partial charge is 0.185 e. The first kappa shape index (κ1) is 8.43. The fourth-order valence-corrected chi connectivity index (χ4v) is 1.42. The zero-order valence-corrected chi connectivity index (χ0v) is 7.92. The molecule has 0 unspecified atom stereocenters. The zero-order valence-electron chi connectivity index (χ0n) is 7.10. The molecule has 0 aliphatic heterocycles. The predicted molar refractivity (Wildman–Crippen MR) is 52.8 cm³/mol. The zero-order chi connectivity index (χ0) is 9.10. The van der Waals surface area contributed by atoms with Crippen molar-refractivity contribution in [2.24, 2.45) is 0 Å². The van der Waals surface area contributed by atoms with Crippen LogP contribution in [0, 0.1) is 0 Å². The molecule has 0 amide bonds. The third kappa shape index (κ3) is 2.15. The van der Waals surface area contributed by atoms with Gasteiger partial charge in [0.25, 0.3) is 0 Å². The molecule has 1 aliphatic carbocycles. The van der Waals surface area contributed by atoms with Gasteiger partial charge in [-0.3, -0.25) is 5.43 Å². The van der Waals surface area contributed by atoms with Crippen LogP contribution in [0.4, 0.5) is 0 Å². The molecular weight excluding hydrogens is 186 g/mol. The van der Waals surface area contributed by atoms with Crippen molar-refractivity contribution in [1.29, 1.82) is 0 Å². The molecule has 1 fully saturated rings. The quantitative estimate of drug-likeness (QED) is 0.666. The molecule has 0 aromatic carbocycles. The number of thiocarbonyl (C=S) groups is 1. The summed E-state index contributed by atoms with van der Waals surface area (Å²) in [4.78, 5) is 0. The molecule has 1 heterocycles. The fourth-order valence-electron chi connectivity index (χ4n) is 1.15. The predicted octanol–water partition coefficient (Wildman–Crippen LogP) is 0.249. The van der Waals surface area contributed by atoms with E-state index >= 15 is 0 Å². The molecule has 0 spiro atoms. The number of nitrogens with one attached hydrogen (secondary N) is 2. The maximum absolute atomic E-state index is 5.08. The van der Waals surface area contributed by atoms with Gasteiger partial charge in [0.2, 0.25) is 0 Å². The Balaban J connectivity index is 1.78. The fraction of sp³-hybridized carbons (Fsp3) is 0.571. The summed E-state index contributed by atoms with van der Waals surface area (Å²) in [5.74, 6) is 0. The van der Waals surface area contributed by atoms with Crippen LogP contribution >= 0.6 is 12.2 Å². The minimum Gasteiger partial charge on any atom is -0.359 e. The summed E-state index contributed by atoms with van der Waals surface area (Å²) in [5, 5.41) is 11.1. The van der Waals surface area contributed by atoms with Gasteiger partial charge in [-0.25, -0.2) is 4.68 Å². The number of nitrogens with zero attached hydrogens (tertiary/aromatic N) is 3. The summed E-state index contributed by atoms with van der Waals surface area (Å²) in [7, 11) is 0. The van der Waals surface area contributed by atoms with Crippen LogP contribution in [0.1, 0.15) is 19.3 Å². The van der Waals surface area contributed by atoms with Gasteiger partial charge < -0.3 is 5.32 Å². The molecule has 6 heteroatoms. The molecule has 70 valence electrons. The van der Waals surface area contributed by atoms with Crippen LogP contribution in [0.25, 0.3) is 0 Å². The van der Waals surface area contributed by atoms with Crippen molar-refractivity contribution in [2.75, 3.05) is 5.43 Å². The van der Waals surface area contributed by atoms with Gasteiger partial charge in [0.15, 0.2) is 5.11 Å². The van der Waals surface area contributed by atoms with E-state index in [1.54, 1.807) is 17.3 Å². The Hall–Kier alpha value is -1.17. The van der Waals surface area contributed by atoms with E-state index in [0.717, 1.165) is 0 Å². The van der Waals surface area contributed by atoms with Gasteiger partial charge in [-0.1, -0.05) is 0 Å². The Labute approximate surface area is 81.5 Å². The highest BCUT2D eigenvalue weighted by molar-refractivity contribution is 7.80. The summed E-state index contributed by atoms with van der Waals surface area (Å²) >= 11 is 5.08. The number of aromatic nitrogens is 3. The average molecular weight is 197 g/mol. The lowest BCUT2D eigenvalue weighted by atomic mass is 9.93. The summed E-state index contributed by atoms with van der Waals surface area (Å²) in [6.45, 7) is 0. The molecule has 5 nitrogen and oxygen atoms in total. The second kappa shape index (κ2) is 3.69. The van der Waals surface area contributed by atoms with Gasteiger partial charge >= 0.3 is 0 Å². The monoisotopic (exact) mass is 197 g/mol. The second-order valence-electron chi connectivity index (χ2n) is 3.08. The van der Waals surface area contributed by atoms with Gasteiger partial charge in [0, 0.05) is 6.04 Å². The van der Waals surface area contributed by atoms with Crippen molar-refractivity contribution in [3.8, 4) is 0 Å². The van der Waals surface area contributed by atoms with E-state index < -0.39 is 0 Å². The summed E-state index contributed by atoms with van der Waals surface area (Å²) in [5.41, 5.74) is 2.93. The number of hydrogen-bond donors (Lipinski definition) is 2. The van der Waals surface area contributed by atoms with Crippen molar-refractivity contribution in [3.63, 3.8) is 0 Å². The van der Waals surface area contributed by atoms with E-state index in [1.807, 2.05) is 0 Å². The molecule has 13 heavy (non-hydrogen) atoms. The molecular formula is C7H11N5S. The van der Waals surface area contributed by atoms with Crippen molar-refractivity contribution in [3.05, 3.63) is 12.7 Å². The molecule has 0 saturated heterocycles. The Morgan fingerprint density at radius 2 is 2.08 bits per heavy atom. The van der Waals surface area contributed by atoms with Crippen molar-refractivity contribution >= 4 is 17.3 Å². The lowest BCUT2D eigenvalue weighted by Crippen LogP contribution is -2.43. The van der Waals surface area contributed by atoms with Crippen LogP contribution in [0.3, 0.4) is 0 Å². The van der Waals surface area contributed by atoms with Gasteiger partial charge in [-0.15, -0.1) is 10.2 Å². The van der Waals surface area contributed by atoms with Crippen LogP contribution in [-0.2, 0) is 0 Å². The Bertz CT molecular complexity index is 279. The number of rotatable bonds is 2. The van der Waals surface area contributed by atoms with Gasteiger partial charge in [0.05, 0.1) is 0 Å². The van der Waals surface area contributed by atoms with E-state index in [0.29, 0.717) is 11.2 Å². The summed E-state index contributed by atoms with van der Waals surface area (Å²) in [6.07, 6.45) is 6.85. The number of hydrogen-bond acceptors (Lipinski definition) is 3. The normalized spacial score (nSPS) is 16.3. The molecule has 2 N–H and O–H groups in total. The van der Waals surface area contributed by atoms with Crippen LogP contribution in [0.15, 0.2) is 12.7 Å². The molecule has 2 rings (SSSR count). The standard InChI is InChI=1S/C7H11N5S/c13-7(10-6-2-1-3-6)11-12-4-8-9-5-12/h4-6H,1-3H2,(H2,10,11,13). The molecule has 1 aliphatic rings.